The third-order valence-corrected chi connectivity index (χ3v) is 0.519. The Balaban J connectivity index is 3.53. The van der Waals surface area contributed by atoms with Gasteiger partial charge in [-0.25, -0.2) is 0 Å². The van der Waals surface area contributed by atoms with Crippen molar-refractivity contribution < 1.29 is 4.65 Å². The van der Waals surface area contributed by atoms with Crippen molar-refractivity contribution in [2.24, 2.45) is 15.6 Å². The number of nitrogens with zero attached hydrogens (tertiary/aromatic N) is 2. The van der Waals surface area contributed by atoms with Crippen molar-refractivity contribution in [2.75, 3.05) is 14.2 Å². The van der Waals surface area contributed by atoms with Crippen molar-refractivity contribution in [1.29, 1.82) is 0 Å². The quantitative estimate of drug-likeness (QED) is 0.280. The molecule has 4 nitrogen and oxygen atoms in total. The molecule has 0 rings (SSSR count). The number of nitrogens with two attached hydrogens (primary N) is 1. The molecule has 5 heteroatoms. The fraction of sp³-hybridized carbons (Fsp3) is 0.667. The van der Waals surface area contributed by atoms with Crippen molar-refractivity contribution >= 4 is 13.2 Å². The summed E-state index contributed by atoms with van der Waals surface area (Å²) < 4.78 is 4.46. The zero-order chi connectivity index (χ0) is 6.41. The number of hydrogen-bond acceptors (Lipinski definition) is 2. The van der Waals surface area contributed by atoms with Crippen LogP contribution in [0.1, 0.15) is 0 Å². The van der Waals surface area contributed by atoms with Gasteiger partial charge in [0.25, 0.3) is 0 Å². The van der Waals surface area contributed by atoms with Crippen LogP contribution in [0.2, 0.25) is 0 Å². The molecule has 0 aromatic heterocycles. The van der Waals surface area contributed by atoms with E-state index in [1.54, 1.807) is 7.05 Å². The molecule has 0 amide bonds. The summed E-state index contributed by atoms with van der Waals surface area (Å²) in [6.45, 7) is 0. The summed E-state index contributed by atoms with van der Waals surface area (Å²) >= 11 is 0. The summed E-state index contributed by atoms with van der Waals surface area (Å²) in [6, 6.07) is 0. The van der Waals surface area contributed by atoms with Gasteiger partial charge in [-0.15, -0.1) is 0 Å². The van der Waals surface area contributed by atoms with Gasteiger partial charge in [0.05, 0.1) is 0 Å². The molecule has 8 heavy (non-hydrogen) atoms. The molecule has 44 valence electrons. The van der Waals surface area contributed by atoms with Crippen LogP contribution in [0.15, 0.2) is 9.89 Å². The number of aliphatic imine (C=N–C) groups is 1. The Bertz CT molecular complexity index is 111. The molecule has 0 fully saturated rings. The second-order valence-electron chi connectivity index (χ2n) is 1.05. The molecule has 0 aromatic carbocycles. The van der Waals surface area contributed by atoms with E-state index in [2.05, 4.69) is 14.5 Å². The van der Waals surface area contributed by atoms with Gasteiger partial charge in [0.2, 0.25) is 0 Å². The molecule has 0 aliphatic carbocycles. The monoisotopic (exact) mass is 113 g/mol. The summed E-state index contributed by atoms with van der Waals surface area (Å²) in [5.41, 5.74) is 5.13. The van der Waals surface area contributed by atoms with Crippen LogP contribution in [0, 0.1) is 0 Å². The number of hydrogen-bond donors (Lipinski definition) is 1. The Kier molecular flexibility index (Phi) is 3.83. The average molecular weight is 113 g/mol. The molecule has 0 atom stereocenters. The van der Waals surface area contributed by atoms with Crippen LogP contribution in [0.25, 0.3) is 0 Å². The first-order valence-electron chi connectivity index (χ1n) is 2.09. The summed E-state index contributed by atoms with van der Waals surface area (Å²) in [7, 11) is 4.27. The van der Waals surface area contributed by atoms with Gasteiger partial charge in [-0.05, 0) is 0 Å². The fourth-order valence-corrected chi connectivity index (χ4v) is 0.164. The normalized spacial score (nSPS) is 11.5. The van der Waals surface area contributed by atoms with E-state index in [-0.39, 0.29) is 5.96 Å². The van der Waals surface area contributed by atoms with Crippen molar-refractivity contribution in [3.63, 3.8) is 0 Å². The van der Waals surface area contributed by atoms with E-state index >= 15 is 0 Å². The van der Waals surface area contributed by atoms with E-state index in [9.17, 15) is 0 Å². The molecule has 0 aromatic rings. The van der Waals surface area contributed by atoms with Crippen LogP contribution >= 0.6 is 0 Å². The number of guanidine groups is 1. The van der Waals surface area contributed by atoms with E-state index in [0.29, 0.717) is 0 Å². The Labute approximate surface area is 48.7 Å². The molecular weight excluding hydrogens is 105 g/mol. The zero-order valence-corrected chi connectivity index (χ0v) is 4.96. The van der Waals surface area contributed by atoms with Gasteiger partial charge in [-0.1, -0.05) is 0 Å². The SMILES string of the molecule is CN=C(N)N=BOC. The van der Waals surface area contributed by atoms with Crippen LogP contribution in [0.4, 0.5) is 0 Å². The number of rotatable bonds is 1. The first-order chi connectivity index (χ1) is 3.81. The van der Waals surface area contributed by atoms with Crippen LogP contribution < -0.4 is 5.73 Å². The Morgan fingerprint density at radius 3 is 2.75 bits per heavy atom. The van der Waals surface area contributed by atoms with E-state index in [0.717, 1.165) is 0 Å². The predicted octanol–water partition coefficient (Wildman–Crippen LogP) is -0.620. The molecule has 0 unspecified atom stereocenters. The molecule has 0 saturated carbocycles. The molecule has 0 aliphatic heterocycles. The van der Waals surface area contributed by atoms with Crippen LogP contribution in [-0.2, 0) is 4.65 Å². The van der Waals surface area contributed by atoms with Gasteiger partial charge >= 0.3 is 47.7 Å². The molecule has 0 saturated heterocycles. The maximum atomic E-state index is 5.13. The zero-order valence-electron chi connectivity index (χ0n) is 4.96. The second kappa shape index (κ2) is 4.30. The first kappa shape index (κ1) is 7.13. The average Bonchev–Trinajstić information content (AvgIpc) is 1.83. The molecular formula is C3H8BN3O. The fourth-order valence-electron chi connectivity index (χ4n) is 0.164. The summed E-state index contributed by atoms with van der Waals surface area (Å²) in [6.07, 6.45) is 0. The summed E-state index contributed by atoms with van der Waals surface area (Å²) in [4.78, 5) is 7.08. The third-order valence-electron chi connectivity index (χ3n) is 0.519. The molecule has 2 N–H and O–H groups in total. The van der Waals surface area contributed by atoms with Gasteiger partial charge in [-0.3, -0.25) is 0 Å². The van der Waals surface area contributed by atoms with Gasteiger partial charge in [0.1, 0.15) is 0 Å². The van der Waals surface area contributed by atoms with Crippen molar-refractivity contribution in [2.45, 2.75) is 0 Å². The topological polar surface area (TPSA) is 60.0 Å². The molecule has 0 spiro atoms. The first-order valence-corrected chi connectivity index (χ1v) is 2.09. The van der Waals surface area contributed by atoms with Gasteiger partial charge in [-0.2, -0.15) is 0 Å². The molecule has 0 aliphatic rings. The van der Waals surface area contributed by atoms with Crippen LogP contribution in [-0.4, -0.2) is 27.4 Å². The van der Waals surface area contributed by atoms with Crippen LogP contribution in [0.5, 0.6) is 0 Å². The van der Waals surface area contributed by atoms with Gasteiger partial charge in [0.15, 0.2) is 0 Å². The van der Waals surface area contributed by atoms with Crippen molar-refractivity contribution in [3.8, 4) is 0 Å². The predicted molar refractivity (Wildman–Crippen MR) is 32.7 cm³/mol. The molecule has 0 radical (unpaired) electrons. The van der Waals surface area contributed by atoms with E-state index in [4.69, 9.17) is 5.73 Å². The molecule has 0 bridgehead atoms. The van der Waals surface area contributed by atoms with Crippen molar-refractivity contribution in [3.05, 3.63) is 0 Å². The van der Waals surface area contributed by atoms with Crippen molar-refractivity contribution in [1.82, 2.24) is 0 Å². The van der Waals surface area contributed by atoms with Gasteiger partial charge in [0, 0.05) is 0 Å². The van der Waals surface area contributed by atoms with E-state index in [1.807, 2.05) is 0 Å². The van der Waals surface area contributed by atoms with E-state index < -0.39 is 0 Å². The third kappa shape index (κ3) is 3.33. The van der Waals surface area contributed by atoms with Gasteiger partial charge < -0.3 is 0 Å². The summed E-state index contributed by atoms with van der Waals surface area (Å²) in [5, 5.41) is 0. The Morgan fingerprint density at radius 1 is 1.75 bits per heavy atom. The second-order valence-corrected chi connectivity index (χ2v) is 1.05. The molecule has 0 heterocycles. The minimum absolute atomic E-state index is 0.215. The maximum absolute atomic E-state index is 5.13. The van der Waals surface area contributed by atoms with E-state index in [1.165, 1.54) is 14.4 Å². The standard InChI is InChI=1S/C3H8BN3O/c1-6-3(5)7-4-8-2/h1-2H3,(H2,5,6). The minimum atomic E-state index is 0.215. The van der Waals surface area contributed by atoms with Crippen LogP contribution in [0.3, 0.4) is 0 Å². The Morgan fingerprint density at radius 2 is 2.38 bits per heavy atom. The Hall–Kier alpha value is -0.865. The summed E-state index contributed by atoms with van der Waals surface area (Å²) in [5.74, 6) is 0.215.